The lowest BCUT2D eigenvalue weighted by molar-refractivity contribution is -0.124. The first-order valence-corrected chi connectivity index (χ1v) is 9.85. The van der Waals surface area contributed by atoms with E-state index in [4.69, 9.17) is 5.26 Å². The highest BCUT2D eigenvalue weighted by molar-refractivity contribution is 6.27. The van der Waals surface area contributed by atoms with E-state index in [1.807, 2.05) is 56.3 Å². The normalized spacial score (nSPS) is 24.5. The van der Waals surface area contributed by atoms with E-state index in [1.54, 1.807) is 24.5 Å². The van der Waals surface area contributed by atoms with Gasteiger partial charge in [-0.1, -0.05) is 18.2 Å². The first kappa shape index (κ1) is 18.3. The zero-order chi connectivity index (χ0) is 21.0. The summed E-state index contributed by atoms with van der Waals surface area (Å²) < 4.78 is 0. The number of carbonyl (C=O) groups excluding carboxylic acids is 2. The maximum Gasteiger partial charge on any atom is 0.239 e. The highest BCUT2D eigenvalue weighted by Crippen LogP contribution is 2.68. The molecule has 0 N–H and O–H groups in total. The lowest BCUT2D eigenvalue weighted by atomic mass is 9.83. The number of hydrogen-bond donors (Lipinski definition) is 0. The fourth-order valence-corrected chi connectivity index (χ4v) is 5.12. The Hall–Kier alpha value is -3.78. The minimum absolute atomic E-state index is 0.170. The Bertz CT molecular complexity index is 1180. The Morgan fingerprint density at radius 1 is 0.867 bits per heavy atom. The van der Waals surface area contributed by atoms with Crippen LogP contribution in [0.2, 0.25) is 0 Å². The minimum atomic E-state index is -0.708. The molecule has 5 rings (SSSR count). The van der Waals surface area contributed by atoms with Crippen LogP contribution in [-0.2, 0) is 15.0 Å². The monoisotopic (exact) mass is 393 g/mol. The summed E-state index contributed by atoms with van der Waals surface area (Å²) in [5.41, 5.74) is 4.28. The van der Waals surface area contributed by atoms with Gasteiger partial charge < -0.3 is 0 Å². The molecule has 146 valence electrons. The number of benzene rings is 2. The maximum atomic E-state index is 13.5. The molecular formula is C25H19N3O2. The van der Waals surface area contributed by atoms with Crippen LogP contribution in [0.25, 0.3) is 0 Å². The summed E-state index contributed by atoms with van der Waals surface area (Å²) in [5.74, 6) is -1.25. The fourth-order valence-electron chi connectivity index (χ4n) is 5.12. The molecule has 2 aliphatic rings. The molecule has 30 heavy (non-hydrogen) atoms. The van der Waals surface area contributed by atoms with Crippen molar-refractivity contribution in [3.63, 3.8) is 0 Å². The number of carbonyl (C=O) groups is 2. The number of nitrogens with zero attached hydrogens (tertiary/aromatic N) is 3. The van der Waals surface area contributed by atoms with Gasteiger partial charge in [-0.3, -0.25) is 14.6 Å². The summed E-state index contributed by atoms with van der Waals surface area (Å²) in [5, 5.41) is 9.14. The zero-order valence-electron chi connectivity index (χ0n) is 16.7. The van der Waals surface area contributed by atoms with Gasteiger partial charge in [-0.15, -0.1) is 0 Å². The molecule has 0 spiro atoms. The first-order chi connectivity index (χ1) is 14.5. The smallest absolute Gasteiger partial charge is 0.239 e. The number of anilines is 1. The molecule has 1 aromatic heterocycles. The number of aryl methyl sites for hydroxylation is 2. The van der Waals surface area contributed by atoms with Gasteiger partial charge >= 0.3 is 0 Å². The molecule has 3 aromatic rings. The maximum absolute atomic E-state index is 13.5. The van der Waals surface area contributed by atoms with Crippen molar-refractivity contribution in [3.8, 4) is 6.07 Å². The van der Waals surface area contributed by atoms with Crippen LogP contribution >= 0.6 is 0 Å². The third-order valence-electron chi connectivity index (χ3n) is 6.29. The number of fused-ring (bicyclic) bond motifs is 1. The summed E-state index contributed by atoms with van der Waals surface area (Å²) in [6, 6.07) is 18.8. The molecule has 5 nitrogen and oxygen atoms in total. The van der Waals surface area contributed by atoms with Crippen molar-refractivity contribution in [2.45, 2.75) is 19.3 Å². The number of nitriles is 1. The number of hydrogen-bond acceptors (Lipinski definition) is 4. The van der Waals surface area contributed by atoms with E-state index in [0.717, 1.165) is 22.3 Å². The number of piperidine rings is 1. The summed E-state index contributed by atoms with van der Waals surface area (Å²) in [6.45, 7) is 3.92. The van der Waals surface area contributed by atoms with Gasteiger partial charge in [-0.25, -0.2) is 4.90 Å². The van der Waals surface area contributed by atoms with E-state index >= 15 is 0 Å². The van der Waals surface area contributed by atoms with Crippen molar-refractivity contribution in [1.29, 1.82) is 5.26 Å². The summed E-state index contributed by atoms with van der Waals surface area (Å²) in [7, 11) is 0. The third kappa shape index (κ3) is 2.37. The highest BCUT2D eigenvalue weighted by atomic mass is 16.2. The Morgan fingerprint density at radius 3 is 1.93 bits per heavy atom. The SMILES string of the molecule is Cc1cc(C)cc(N2C(=O)[C@@H]3[C@H](C2=O)[C@@]3(c2ccncc2)c2ccc(C#N)cc2)c1. The van der Waals surface area contributed by atoms with Crippen molar-refractivity contribution in [1.82, 2.24) is 4.98 Å². The van der Waals surface area contributed by atoms with Crippen LogP contribution in [0.3, 0.4) is 0 Å². The van der Waals surface area contributed by atoms with Crippen LogP contribution in [0.1, 0.15) is 27.8 Å². The number of imide groups is 1. The first-order valence-electron chi connectivity index (χ1n) is 9.85. The molecule has 5 heteroatoms. The Balaban J connectivity index is 1.62. The van der Waals surface area contributed by atoms with E-state index < -0.39 is 17.3 Å². The van der Waals surface area contributed by atoms with Crippen molar-refractivity contribution >= 4 is 17.5 Å². The van der Waals surface area contributed by atoms with Gasteiger partial charge in [0, 0.05) is 17.8 Å². The van der Waals surface area contributed by atoms with Gasteiger partial charge in [-0.05, 0) is 72.5 Å². The molecule has 0 radical (unpaired) electrons. The fraction of sp³-hybridized carbons (Fsp3) is 0.200. The second kappa shape index (κ2) is 6.36. The van der Waals surface area contributed by atoms with Crippen LogP contribution in [-0.4, -0.2) is 16.8 Å². The Morgan fingerprint density at radius 2 is 1.40 bits per heavy atom. The second-order valence-corrected chi connectivity index (χ2v) is 8.11. The van der Waals surface area contributed by atoms with Crippen molar-refractivity contribution < 1.29 is 9.59 Å². The van der Waals surface area contributed by atoms with Crippen molar-refractivity contribution in [3.05, 3.63) is 94.8 Å². The van der Waals surface area contributed by atoms with Crippen LogP contribution in [0.15, 0.2) is 67.0 Å². The molecule has 2 aromatic carbocycles. The van der Waals surface area contributed by atoms with E-state index in [1.165, 1.54) is 4.90 Å². The van der Waals surface area contributed by atoms with E-state index in [-0.39, 0.29) is 11.8 Å². The number of rotatable bonds is 3. The Kier molecular flexibility index (Phi) is 3.87. The quantitative estimate of drug-likeness (QED) is 0.637. The van der Waals surface area contributed by atoms with E-state index in [9.17, 15) is 9.59 Å². The molecule has 0 bridgehead atoms. The molecule has 1 saturated carbocycles. The topological polar surface area (TPSA) is 74.1 Å². The molecule has 1 aliphatic heterocycles. The zero-order valence-corrected chi connectivity index (χ0v) is 16.7. The number of amides is 2. The van der Waals surface area contributed by atoms with Crippen LogP contribution in [0.4, 0.5) is 5.69 Å². The van der Waals surface area contributed by atoms with Gasteiger partial charge in [0.15, 0.2) is 0 Å². The average molecular weight is 393 g/mol. The predicted octanol–water partition coefficient (Wildman–Crippen LogP) is 3.68. The van der Waals surface area contributed by atoms with Crippen LogP contribution < -0.4 is 4.90 Å². The Labute approximate surface area is 174 Å². The molecule has 2 fully saturated rings. The standard InChI is InChI=1S/C25H19N3O2/c1-15-11-16(2)13-20(12-15)28-23(29)21-22(24(28)30)25(21,19-7-9-27-10-8-19)18-5-3-17(14-26)4-6-18/h3-13,21-22H,1-2H3/t21-,22+,25+. The second-order valence-electron chi connectivity index (χ2n) is 8.11. The lowest BCUT2D eigenvalue weighted by Gasteiger charge is -2.27. The van der Waals surface area contributed by atoms with Gasteiger partial charge in [-0.2, -0.15) is 5.26 Å². The molecule has 1 saturated heterocycles. The highest BCUT2D eigenvalue weighted by Gasteiger charge is 2.78. The van der Waals surface area contributed by atoms with Crippen molar-refractivity contribution in [2.24, 2.45) is 11.8 Å². The summed E-state index contributed by atoms with van der Waals surface area (Å²) in [6.07, 6.45) is 3.37. The molecular weight excluding hydrogens is 374 g/mol. The molecule has 2 heterocycles. The summed E-state index contributed by atoms with van der Waals surface area (Å²) in [4.78, 5) is 32.4. The largest absolute Gasteiger partial charge is 0.274 e. The van der Waals surface area contributed by atoms with Gasteiger partial charge in [0.25, 0.3) is 0 Å². The van der Waals surface area contributed by atoms with Gasteiger partial charge in [0.1, 0.15) is 0 Å². The van der Waals surface area contributed by atoms with E-state index in [2.05, 4.69) is 11.1 Å². The molecule has 1 aliphatic carbocycles. The van der Waals surface area contributed by atoms with Gasteiger partial charge in [0.05, 0.1) is 29.2 Å². The van der Waals surface area contributed by atoms with E-state index in [0.29, 0.717) is 11.3 Å². The van der Waals surface area contributed by atoms with Crippen LogP contribution in [0, 0.1) is 37.0 Å². The van der Waals surface area contributed by atoms with Crippen LogP contribution in [0.5, 0.6) is 0 Å². The minimum Gasteiger partial charge on any atom is -0.274 e. The molecule has 2 amide bonds. The predicted molar refractivity (Wildman–Crippen MR) is 112 cm³/mol. The third-order valence-corrected chi connectivity index (χ3v) is 6.29. The molecule has 3 atom stereocenters. The summed E-state index contributed by atoms with van der Waals surface area (Å²) >= 11 is 0. The number of pyridine rings is 1. The lowest BCUT2D eigenvalue weighted by Crippen LogP contribution is -2.39. The van der Waals surface area contributed by atoms with Gasteiger partial charge in [0.2, 0.25) is 11.8 Å². The average Bonchev–Trinajstić information content (AvgIpc) is 3.37. The number of aromatic nitrogens is 1. The van der Waals surface area contributed by atoms with Crippen molar-refractivity contribution in [2.75, 3.05) is 4.90 Å². The molecule has 0 unspecified atom stereocenters.